The maximum absolute atomic E-state index is 12.5. The molecule has 0 unspecified atom stereocenters. The fourth-order valence-corrected chi connectivity index (χ4v) is 3.19. The topological polar surface area (TPSA) is 66.5 Å². The van der Waals surface area contributed by atoms with E-state index in [0.717, 1.165) is 11.8 Å². The first-order chi connectivity index (χ1) is 11.3. The minimum Gasteiger partial charge on any atom is -0.337 e. The predicted molar refractivity (Wildman–Crippen MR) is 98.9 cm³/mol. The van der Waals surface area contributed by atoms with Gasteiger partial charge in [-0.15, -0.1) is 11.8 Å². The van der Waals surface area contributed by atoms with E-state index in [1.54, 1.807) is 41.9 Å². The summed E-state index contributed by atoms with van der Waals surface area (Å²) in [5, 5.41) is 0. The quantitative estimate of drug-likeness (QED) is 0.800. The third kappa shape index (κ3) is 5.28. The largest absolute Gasteiger partial charge is 0.337 e. The zero-order chi connectivity index (χ0) is 17.7. The van der Waals surface area contributed by atoms with Crippen molar-refractivity contribution in [3.63, 3.8) is 0 Å². The molecule has 0 saturated heterocycles. The molecule has 7 heteroatoms. The zero-order valence-corrected chi connectivity index (χ0v) is 15.4. The van der Waals surface area contributed by atoms with Gasteiger partial charge in [0.05, 0.1) is 6.26 Å². The van der Waals surface area contributed by atoms with Crippen LogP contribution in [0.5, 0.6) is 0 Å². The van der Waals surface area contributed by atoms with Crippen molar-refractivity contribution in [3.05, 3.63) is 59.7 Å². The Bertz CT molecular complexity index is 818. The van der Waals surface area contributed by atoms with Crippen molar-refractivity contribution in [2.45, 2.75) is 11.4 Å². The lowest BCUT2D eigenvalue weighted by Gasteiger charge is -2.18. The van der Waals surface area contributed by atoms with Crippen molar-refractivity contribution >= 4 is 33.4 Å². The number of hydrogen-bond donors (Lipinski definition) is 1. The number of carbonyl (C=O) groups is 1. The molecule has 1 N–H and O–H groups in total. The molecule has 2 aromatic rings. The van der Waals surface area contributed by atoms with Crippen molar-refractivity contribution in [1.82, 2.24) is 4.90 Å². The van der Waals surface area contributed by atoms with Gasteiger partial charge in [0.1, 0.15) is 0 Å². The van der Waals surface area contributed by atoms with Crippen molar-refractivity contribution in [2.75, 3.05) is 24.3 Å². The number of rotatable bonds is 6. The lowest BCUT2D eigenvalue weighted by molar-refractivity contribution is 0.0785. The molecule has 0 saturated carbocycles. The van der Waals surface area contributed by atoms with Crippen LogP contribution in [0.1, 0.15) is 15.9 Å². The van der Waals surface area contributed by atoms with Gasteiger partial charge in [-0.25, -0.2) is 8.42 Å². The Hall–Kier alpha value is -1.99. The molecule has 0 spiro atoms. The van der Waals surface area contributed by atoms with Crippen LogP contribution in [-0.4, -0.2) is 38.8 Å². The molecule has 2 rings (SSSR count). The molecular weight excluding hydrogens is 344 g/mol. The lowest BCUT2D eigenvalue weighted by atomic mass is 10.1. The van der Waals surface area contributed by atoms with Crippen molar-refractivity contribution < 1.29 is 13.2 Å². The predicted octanol–water partition coefficient (Wildman–Crippen LogP) is 3.05. The molecule has 0 radical (unpaired) electrons. The van der Waals surface area contributed by atoms with Crippen LogP contribution in [0, 0.1) is 0 Å². The molecule has 24 heavy (non-hydrogen) atoms. The molecule has 0 bridgehead atoms. The van der Waals surface area contributed by atoms with Gasteiger partial charge in [0.25, 0.3) is 5.91 Å². The van der Waals surface area contributed by atoms with Crippen molar-refractivity contribution in [1.29, 1.82) is 0 Å². The fourth-order valence-electron chi connectivity index (χ4n) is 2.23. The number of nitrogens with one attached hydrogen (secondary N) is 1. The van der Waals surface area contributed by atoms with E-state index in [0.29, 0.717) is 17.8 Å². The van der Waals surface area contributed by atoms with Crippen LogP contribution in [0.4, 0.5) is 5.69 Å². The maximum Gasteiger partial charge on any atom is 0.253 e. The summed E-state index contributed by atoms with van der Waals surface area (Å²) in [6.45, 7) is 0.483. The van der Waals surface area contributed by atoms with Crippen LogP contribution in [0.3, 0.4) is 0 Å². The minimum absolute atomic E-state index is 0.166. The average Bonchev–Trinajstić information content (AvgIpc) is 2.53. The molecule has 0 fully saturated rings. The van der Waals surface area contributed by atoms with E-state index >= 15 is 0 Å². The Morgan fingerprint density at radius 2 is 1.83 bits per heavy atom. The molecule has 1 amide bonds. The first-order valence-corrected chi connectivity index (χ1v) is 10.4. The molecule has 2 aromatic carbocycles. The zero-order valence-electron chi connectivity index (χ0n) is 13.8. The highest BCUT2D eigenvalue weighted by molar-refractivity contribution is 7.98. The number of nitrogens with zero attached hydrogens (tertiary/aromatic N) is 1. The van der Waals surface area contributed by atoms with E-state index in [1.165, 1.54) is 11.0 Å². The van der Waals surface area contributed by atoms with Gasteiger partial charge in [0.2, 0.25) is 10.0 Å². The first-order valence-electron chi connectivity index (χ1n) is 7.25. The summed E-state index contributed by atoms with van der Waals surface area (Å²) in [4.78, 5) is 15.3. The molecule has 5 nitrogen and oxygen atoms in total. The second-order valence-electron chi connectivity index (χ2n) is 5.46. The molecule has 0 heterocycles. The molecular formula is C17H20N2O3S2. The number of carbonyl (C=O) groups excluding carboxylic acids is 1. The number of thioether (sulfide) groups is 1. The summed E-state index contributed by atoms with van der Waals surface area (Å²) in [5.74, 6) is -0.166. The lowest BCUT2D eigenvalue weighted by Crippen LogP contribution is -2.26. The number of sulfonamides is 1. The summed E-state index contributed by atoms with van der Waals surface area (Å²) < 4.78 is 25.0. The third-order valence-electron chi connectivity index (χ3n) is 3.34. The SMILES string of the molecule is CSc1ccc(CN(C)C(=O)c2cccc(NS(C)(=O)=O)c2)cc1. The minimum atomic E-state index is -3.37. The standard InChI is InChI=1S/C17H20N2O3S2/c1-19(12-13-7-9-16(23-2)10-8-13)17(20)14-5-4-6-15(11-14)18-24(3,21)22/h4-11,18H,12H2,1-3H3. The number of amides is 1. The molecule has 0 aliphatic carbocycles. The highest BCUT2D eigenvalue weighted by Crippen LogP contribution is 2.17. The van der Waals surface area contributed by atoms with Crippen LogP contribution in [0.15, 0.2) is 53.4 Å². The van der Waals surface area contributed by atoms with Gasteiger partial charge in [-0.2, -0.15) is 0 Å². The highest BCUT2D eigenvalue weighted by Gasteiger charge is 2.13. The average molecular weight is 364 g/mol. The van der Waals surface area contributed by atoms with Crippen molar-refractivity contribution in [2.24, 2.45) is 0 Å². The van der Waals surface area contributed by atoms with Gasteiger partial charge < -0.3 is 4.90 Å². The molecule has 0 aliphatic heterocycles. The Kier molecular flexibility index (Phi) is 5.90. The van der Waals surface area contributed by atoms with Crippen LogP contribution < -0.4 is 4.72 Å². The van der Waals surface area contributed by atoms with Crippen LogP contribution >= 0.6 is 11.8 Å². The Morgan fingerprint density at radius 1 is 1.17 bits per heavy atom. The van der Waals surface area contributed by atoms with E-state index in [1.807, 2.05) is 30.5 Å². The van der Waals surface area contributed by atoms with Crippen LogP contribution in [0.2, 0.25) is 0 Å². The van der Waals surface area contributed by atoms with Crippen LogP contribution in [0.25, 0.3) is 0 Å². The van der Waals surface area contributed by atoms with Gasteiger partial charge in [-0.3, -0.25) is 9.52 Å². The van der Waals surface area contributed by atoms with E-state index < -0.39 is 10.0 Å². The third-order valence-corrected chi connectivity index (χ3v) is 4.69. The van der Waals surface area contributed by atoms with Gasteiger partial charge in [0.15, 0.2) is 0 Å². The van der Waals surface area contributed by atoms with Gasteiger partial charge in [-0.05, 0) is 42.2 Å². The molecule has 128 valence electrons. The molecule has 0 atom stereocenters. The van der Waals surface area contributed by atoms with E-state index in [-0.39, 0.29) is 5.91 Å². The summed E-state index contributed by atoms with van der Waals surface area (Å²) in [5.41, 5.74) is 1.85. The Morgan fingerprint density at radius 3 is 2.42 bits per heavy atom. The summed E-state index contributed by atoms with van der Waals surface area (Å²) >= 11 is 1.67. The first kappa shape index (κ1) is 18.4. The van der Waals surface area contributed by atoms with E-state index in [4.69, 9.17) is 0 Å². The monoisotopic (exact) mass is 364 g/mol. The maximum atomic E-state index is 12.5. The smallest absolute Gasteiger partial charge is 0.253 e. The normalized spacial score (nSPS) is 11.1. The van der Waals surface area contributed by atoms with E-state index in [2.05, 4.69) is 4.72 Å². The summed E-state index contributed by atoms with van der Waals surface area (Å²) in [6, 6.07) is 14.5. The van der Waals surface area contributed by atoms with Crippen molar-refractivity contribution in [3.8, 4) is 0 Å². The van der Waals surface area contributed by atoms with Gasteiger partial charge in [0, 0.05) is 29.7 Å². The number of hydrogen-bond acceptors (Lipinski definition) is 4. The Balaban J connectivity index is 2.10. The second-order valence-corrected chi connectivity index (χ2v) is 8.09. The van der Waals surface area contributed by atoms with E-state index in [9.17, 15) is 13.2 Å². The number of anilines is 1. The second kappa shape index (κ2) is 7.72. The van der Waals surface area contributed by atoms with Gasteiger partial charge >= 0.3 is 0 Å². The highest BCUT2D eigenvalue weighted by atomic mass is 32.2. The van der Waals surface area contributed by atoms with Gasteiger partial charge in [-0.1, -0.05) is 18.2 Å². The summed E-state index contributed by atoms with van der Waals surface area (Å²) in [7, 11) is -1.65. The number of benzene rings is 2. The summed E-state index contributed by atoms with van der Waals surface area (Å²) in [6.07, 6.45) is 3.09. The molecule has 0 aliphatic rings. The Labute approximate surface area is 147 Å². The molecule has 0 aromatic heterocycles. The van der Waals surface area contributed by atoms with Crippen LogP contribution in [-0.2, 0) is 16.6 Å². The fraction of sp³-hybridized carbons (Fsp3) is 0.235.